The van der Waals surface area contributed by atoms with Gasteiger partial charge < -0.3 is 10.2 Å². The van der Waals surface area contributed by atoms with Gasteiger partial charge in [0.05, 0.1) is 4.90 Å². The second kappa shape index (κ2) is 10.9. The number of hydrogen-bond acceptors (Lipinski definition) is 4. The topological polar surface area (TPSA) is 61.4 Å². The van der Waals surface area contributed by atoms with Crippen LogP contribution in [0.25, 0.3) is 11.1 Å². The number of nitrogens with zero attached hydrogens (tertiary/aromatic N) is 1. The van der Waals surface area contributed by atoms with Gasteiger partial charge in [0.2, 0.25) is 10.0 Å². The SMILES string of the molecule is O=S(=O)(NCCN1CCCC1)c1ccc(-c2ccc(CNCc3ccccc3)cc2)cc1. The largest absolute Gasteiger partial charge is 0.309 e. The van der Waals surface area contributed by atoms with Crippen LogP contribution in [0.4, 0.5) is 0 Å². The first kappa shape index (κ1) is 22.7. The van der Waals surface area contributed by atoms with Crippen molar-refractivity contribution in [3.05, 3.63) is 90.0 Å². The molecule has 1 aliphatic rings. The Morgan fingerprint density at radius 1 is 0.719 bits per heavy atom. The first-order valence-electron chi connectivity index (χ1n) is 11.3. The van der Waals surface area contributed by atoms with Crippen LogP contribution < -0.4 is 10.0 Å². The van der Waals surface area contributed by atoms with E-state index in [1.165, 1.54) is 24.0 Å². The van der Waals surface area contributed by atoms with E-state index in [0.717, 1.165) is 43.9 Å². The molecule has 0 aliphatic carbocycles. The number of benzene rings is 3. The summed E-state index contributed by atoms with van der Waals surface area (Å²) in [6.45, 7) is 4.99. The Kier molecular flexibility index (Phi) is 7.71. The van der Waals surface area contributed by atoms with Gasteiger partial charge in [-0.05, 0) is 60.3 Å². The standard InChI is InChI=1S/C26H31N3O2S/c30-32(31,28-16-19-29-17-4-5-18-29)26-14-12-25(13-15-26)24-10-8-23(9-11-24)21-27-20-22-6-2-1-3-7-22/h1-3,6-15,27-28H,4-5,16-21H2. The highest BCUT2D eigenvalue weighted by atomic mass is 32.2. The summed E-state index contributed by atoms with van der Waals surface area (Å²) < 4.78 is 27.9. The third-order valence-corrected chi connectivity index (χ3v) is 7.35. The van der Waals surface area contributed by atoms with Crippen LogP contribution in [0.1, 0.15) is 24.0 Å². The average molecular weight is 450 g/mol. The highest BCUT2D eigenvalue weighted by Gasteiger charge is 2.16. The third-order valence-electron chi connectivity index (χ3n) is 5.87. The van der Waals surface area contributed by atoms with Gasteiger partial charge in [-0.2, -0.15) is 0 Å². The maximum Gasteiger partial charge on any atom is 0.240 e. The summed E-state index contributed by atoms with van der Waals surface area (Å²) in [7, 11) is -3.48. The molecule has 0 bridgehead atoms. The molecular formula is C26H31N3O2S. The minimum Gasteiger partial charge on any atom is -0.309 e. The normalized spacial score (nSPS) is 14.6. The van der Waals surface area contributed by atoms with Crippen molar-refractivity contribution in [2.75, 3.05) is 26.2 Å². The maximum absolute atomic E-state index is 12.6. The van der Waals surface area contributed by atoms with Gasteiger partial charge in [-0.3, -0.25) is 0 Å². The Hall–Kier alpha value is -2.51. The molecule has 168 valence electrons. The fourth-order valence-corrected chi connectivity index (χ4v) is 5.04. The molecule has 0 aromatic heterocycles. The molecule has 1 saturated heterocycles. The lowest BCUT2D eigenvalue weighted by atomic mass is 10.0. The van der Waals surface area contributed by atoms with Crippen molar-refractivity contribution >= 4 is 10.0 Å². The van der Waals surface area contributed by atoms with Crippen LogP contribution in [0, 0.1) is 0 Å². The first-order valence-corrected chi connectivity index (χ1v) is 12.7. The number of sulfonamides is 1. The number of rotatable bonds is 10. The van der Waals surface area contributed by atoms with Crippen molar-refractivity contribution in [2.24, 2.45) is 0 Å². The molecule has 0 unspecified atom stereocenters. The van der Waals surface area contributed by atoms with E-state index in [1.54, 1.807) is 12.1 Å². The molecule has 0 amide bonds. The number of nitrogens with one attached hydrogen (secondary N) is 2. The van der Waals surface area contributed by atoms with Gasteiger partial charge in [0.1, 0.15) is 0 Å². The van der Waals surface area contributed by atoms with Gasteiger partial charge >= 0.3 is 0 Å². The second-order valence-corrected chi connectivity index (χ2v) is 10.0. The van der Waals surface area contributed by atoms with E-state index in [0.29, 0.717) is 11.4 Å². The predicted octanol–water partition coefficient (Wildman–Crippen LogP) is 4.02. The second-order valence-electron chi connectivity index (χ2n) is 8.26. The van der Waals surface area contributed by atoms with Crippen LogP contribution in [0.2, 0.25) is 0 Å². The molecule has 0 saturated carbocycles. The summed E-state index contributed by atoms with van der Waals surface area (Å²) in [6.07, 6.45) is 2.42. The van der Waals surface area contributed by atoms with Crippen molar-refractivity contribution in [3.8, 4) is 11.1 Å². The predicted molar refractivity (Wildman–Crippen MR) is 130 cm³/mol. The Balaban J connectivity index is 1.29. The molecule has 6 heteroatoms. The van der Waals surface area contributed by atoms with Gasteiger partial charge in [0, 0.05) is 26.2 Å². The molecule has 2 N–H and O–H groups in total. The lowest BCUT2D eigenvalue weighted by Gasteiger charge is -2.15. The summed E-state index contributed by atoms with van der Waals surface area (Å²) in [5.41, 5.74) is 4.56. The van der Waals surface area contributed by atoms with Crippen LogP contribution in [-0.4, -0.2) is 39.5 Å². The Labute approximate surface area is 191 Å². The fraction of sp³-hybridized carbons (Fsp3) is 0.308. The summed E-state index contributed by atoms with van der Waals surface area (Å²) in [4.78, 5) is 2.61. The monoisotopic (exact) mass is 449 g/mol. The van der Waals surface area contributed by atoms with Crippen molar-refractivity contribution in [2.45, 2.75) is 30.8 Å². The molecule has 0 spiro atoms. The average Bonchev–Trinajstić information content (AvgIpc) is 3.34. The van der Waals surface area contributed by atoms with Gasteiger partial charge in [0.25, 0.3) is 0 Å². The zero-order valence-electron chi connectivity index (χ0n) is 18.3. The molecule has 0 atom stereocenters. The molecule has 1 aliphatic heterocycles. The minimum atomic E-state index is -3.48. The third kappa shape index (κ3) is 6.26. The fourth-order valence-electron chi connectivity index (χ4n) is 4.02. The first-order chi connectivity index (χ1) is 15.6. The zero-order chi connectivity index (χ0) is 22.2. The Bertz CT molecular complexity index is 1080. The molecule has 3 aromatic rings. The molecule has 32 heavy (non-hydrogen) atoms. The van der Waals surface area contributed by atoms with Crippen LogP contribution in [-0.2, 0) is 23.1 Å². The van der Waals surface area contributed by atoms with Crippen molar-refractivity contribution < 1.29 is 8.42 Å². The summed E-state index contributed by atoms with van der Waals surface area (Å²) in [6, 6.07) is 25.8. The van der Waals surface area contributed by atoms with E-state index in [-0.39, 0.29) is 0 Å². The lowest BCUT2D eigenvalue weighted by molar-refractivity contribution is 0.344. The molecule has 1 fully saturated rings. The maximum atomic E-state index is 12.6. The van der Waals surface area contributed by atoms with Crippen molar-refractivity contribution in [3.63, 3.8) is 0 Å². The van der Waals surface area contributed by atoms with E-state index < -0.39 is 10.0 Å². The van der Waals surface area contributed by atoms with E-state index >= 15 is 0 Å². The minimum absolute atomic E-state index is 0.310. The Morgan fingerprint density at radius 3 is 1.91 bits per heavy atom. The van der Waals surface area contributed by atoms with Crippen LogP contribution in [0.15, 0.2) is 83.8 Å². The molecule has 5 nitrogen and oxygen atoms in total. The molecule has 1 heterocycles. The number of hydrogen-bond donors (Lipinski definition) is 2. The van der Waals surface area contributed by atoms with Gasteiger partial charge in [-0.1, -0.05) is 66.7 Å². The summed E-state index contributed by atoms with van der Waals surface area (Å²) in [5.74, 6) is 0. The van der Waals surface area contributed by atoms with E-state index in [4.69, 9.17) is 0 Å². The molecule has 0 radical (unpaired) electrons. The van der Waals surface area contributed by atoms with E-state index in [9.17, 15) is 8.42 Å². The molecular weight excluding hydrogens is 418 g/mol. The summed E-state index contributed by atoms with van der Waals surface area (Å²) in [5, 5.41) is 3.46. The van der Waals surface area contributed by atoms with E-state index in [2.05, 4.69) is 51.3 Å². The van der Waals surface area contributed by atoms with Gasteiger partial charge in [-0.25, -0.2) is 13.1 Å². The quantitative estimate of drug-likeness (QED) is 0.491. The highest BCUT2D eigenvalue weighted by molar-refractivity contribution is 7.89. The van der Waals surface area contributed by atoms with Crippen molar-refractivity contribution in [1.29, 1.82) is 0 Å². The number of likely N-dealkylation sites (tertiary alicyclic amines) is 1. The van der Waals surface area contributed by atoms with E-state index in [1.807, 2.05) is 30.3 Å². The van der Waals surface area contributed by atoms with Crippen molar-refractivity contribution in [1.82, 2.24) is 14.9 Å². The highest BCUT2D eigenvalue weighted by Crippen LogP contribution is 2.22. The molecule has 3 aromatic carbocycles. The van der Waals surface area contributed by atoms with Gasteiger partial charge in [0.15, 0.2) is 0 Å². The summed E-state index contributed by atoms with van der Waals surface area (Å²) >= 11 is 0. The molecule has 4 rings (SSSR count). The zero-order valence-corrected chi connectivity index (χ0v) is 19.2. The Morgan fingerprint density at radius 2 is 1.28 bits per heavy atom. The van der Waals surface area contributed by atoms with Crippen LogP contribution in [0.5, 0.6) is 0 Å². The smallest absolute Gasteiger partial charge is 0.240 e. The lowest BCUT2D eigenvalue weighted by Crippen LogP contribution is -2.33. The van der Waals surface area contributed by atoms with Crippen LogP contribution >= 0.6 is 0 Å². The van der Waals surface area contributed by atoms with Gasteiger partial charge in [-0.15, -0.1) is 0 Å². The van der Waals surface area contributed by atoms with Crippen LogP contribution in [0.3, 0.4) is 0 Å².